The average Bonchev–Trinajstić information content (AvgIpc) is 2.77. The van der Waals surface area contributed by atoms with Crippen LogP contribution in [0.2, 0.25) is 0 Å². The van der Waals surface area contributed by atoms with Gasteiger partial charge < -0.3 is 24.4 Å². The zero-order valence-corrected chi connectivity index (χ0v) is 20.6. The van der Waals surface area contributed by atoms with Gasteiger partial charge in [0.15, 0.2) is 17.5 Å². The number of nitrogens with zero attached hydrogens (tertiary/aromatic N) is 2. The van der Waals surface area contributed by atoms with Crippen LogP contribution in [0, 0.1) is 0 Å². The van der Waals surface area contributed by atoms with Gasteiger partial charge in [-0.05, 0) is 37.0 Å². The second-order valence-corrected chi connectivity index (χ2v) is 6.92. The minimum atomic E-state index is 0. The van der Waals surface area contributed by atoms with E-state index in [0.717, 1.165) is 44.0 Å². The van der Waals surface area contributed by atoms with E-state index in [1.54, 1.807) is 21.3 Å². The molecular formula is C23H32IN3O3. The predicted molar refractivity (Wildman–Crippen MR) is 132 cm³/mol. The molecule has 1 aliphatic heterocycles. The molecule has 1 heterocycles. The summed E-state index contributed by atoms with van der Waals surface area (Å²) >= 11 is 0. The van der Waals surface area contributed by atoms with E-state index in [1.165, 1.54) is 11.1 Å². The first kappa shape index (κ1) is 24.1. The van der Waals surface area contributed by atoms with Crippen LogP contribution in [0.4, 0.5) is 0 Å². The van der Waals surface area contributed by atoms with Crippen molar-refractivity contribution in [1.82, 2.24) is 10.2 Å². The standard InChI is InChI=1S/C23H31N3O3.HI/c1-5-24-23(26-15-13-17-8-6-7-9-19(17)16-26)25-14-12-18-10-11-20(27-2)22(29-4)21(18)28-3;/h6-11H,5,12-16H2,1-4H3,(H,24,25);1H. The summed E-state index contributed by atoms with van der Waals surface area (Å²) in [4.78, 5) is 7.21. The minimum Gasteiger partial charge on any atom is -0.493 e. The Balaban J connectivity index is 0.00000320. The molecule has 0 aromatic heterocycles. The van der Waals surface area contributed by atoms with Gasteiger partial charge in [0, 0.05) is 31.7 Å². The van der Waals surface area contributed by atoms with Gasteiger partial charge in [-0.15, -0.1) is 24.0 Å². The van der Waals surface area contributed by atoms with Gasteiger partial charge in [-0.25, -0.2) is 0 Å². The monoisotopic (exact) mass is 525 g/mol. The Morgan fingerprint density at radius 2 is 1.73 bits per heavy atom. The van der Waals surface area contributed by atoms with Crippen molar-refractivity contribution < 1.29 is 14.2 Å². The highest BCUT2D eigenvalue weighted by atomic mass is 127. The van der Waals surface area contributed by atoms with Crippen molar-refractivity contribution in [3.63, 3.8) is 0 Å². The normalized spacial score (nSPS) is 13.2. The van der Waals surface area contributed by atoms with Crippen molar-refractivity contribution in [2.75, 3.05) is 41.0 Å². The van der Waals surface area contributed by atoms with E-state index in [9.17, 15) is 0 Å². The Morgan fingerprint density at radius 1 is 1.00 bits per heavy atom. The molecule has 0 atom stereocenters. The summed E-state index contributed by atoms with van der Waals surface area (Å²) in [6.45, 7) is 5.47. The molecule has 0 aliphatic carbocycles. The lowest BCUT2D eigenvalue weighted by Crippen LogP contribution is -2.44. The van der Waals surface area contributed by atoms with Gasteiger partial charge in [0.05, 0.1) is 21.3 Å². The first-order valence-corrected chi connectivity index (χ1v) is 10.1. The number of rotatable bonds is 7. The number of guanidine groups is 1. The molecule has 3 rings (SSSR count). The first-order valence-electron chi connectivity index (χ1n) is 10.1. The molecule has 0 unspecified atom stereocenters. The summed E-state index contributed by atoms with van der Waals surface area (Å²) in [6, 6.07) is 12.6. The molecule has 0 fully saturated rings. The van der Waals surface area contributed by atoms with Crippen molar-refractivity contribution in [1.29, 1.82) is 0 Å². The Hall–Kier alpha value is -2.16. The number of methoxy groups -OCH3 is 3. The van der Waals surface area contributed by atoms with E-state index < -0.39 is 0 Å². The highest BCUT2D eigenvalue weighted by molar-refractivity contribution is 14.0. The average molecular weight is 525 g/mol. The van der Waals surface area contributed by atoms with Crippen LogP contribution in [0.15, 0.2) is 41.4 Å². The van der Waals surface area contributed by atoms with E-state index >= 15 is 0 Å². The van der Waals surface area contributed by atoms with Crippen molar-refractivity contribution in [3.05, 3.63) is 53.1 Å². The molecule has 0 saturated carbocycles. The van der Waals surface area contributed by atoms with Crippen LogP contribution in [0.5, 0.6) is 17.2 Å². The maximum Gasteiger partial charge on any atom is 0.203 e. The fourth-order valence-electron chi connectivity index (χ4n) is 3.74. The highest BCUT2D eigenvalue weighted by Crippen LogP contribution is 2.39. The van der Waals surface area contributed by atoms with Gasteiger partial charge >= 0.3 is 0 Å². The van der Waals surface area contributed by atoms with Crippen molar-refractivity contribution in [3.8, 4) is 17.2 Å². The SMILES string of the molecule is CCNC(=NCCc1ccc(OC)c(OC)c1OC)N1CCc2ccccc2C1.I. The number of aliphatic imine (C=N–C) groups is 1. The molecule has 0 radical (unpaired) electrons. The molecule has 2 aromatic rings. The summed E-state index contributed by atoms with van der Waals surface area (Å²) in [5.74, 6) is 2.95. The van der Waals surface area contributed by atoms with E-state index in [4.69, 9.17) is 19.2 Å². The zero-order valence-electron chi connectivity index (χ0n) is 18.2. The van der Waals surface area contributed by atoms with Crippen molar-refractivity contribution >= 4 is 29.9 Å². The second-order valence-electron chi connectivity index (χ2n) is 6.92. The van der Waals surface area contributed by atoms with E-state index in [-0.39, 0.29) is 24.0 Å². The third-order valence-corrected chi connectivity index (χ3v) is 5.19. The fraction of sp³-hybridized carbons (Fsp3) is 0.435. The molecule has 0 saturated heterocycles. The minimum absolute atomic E-state index is 0. The quantitative estimate of drug-likeness (QED) is 0.338. The summed E-state index contributed by atoms with van der Waals surface area (Å²) in [5, 5.41) is 3.44. The van der Waals surface area contributed by atoms with Gasteiger partial charge in [0.1, 0.15) is 0 Å². The smallest absolute Gasteiger partial charge is 0.203 e. The lowest BCUT2D eigenvalue weighted by atomic mass is 10.0. The van der Waals surface area contributed by atoms with Gasteiger partial charge in [0.2, 0.25) is 5.75 Å². The Labute approximate surface area is 196 Å². The molecule has 164 valence electrons. The number of hydrogen-bond acceptors (Lipinski definition) is 4. The Kier molecular flexibility index (Phi) is 9.55. The van der Waals surface area contributed by atoms with E-state index in [1.807, 2.05) is 12.1 Å². The maximum absolute atomic E-state index is 5.59. The van der Waals surface area contributed by atoms with Crippen LogP contribution in [-0.2, 0) is 19.4 Å². The molecule has 0 bridgehead atoms. The lowest BCUT2D eigenvalue weighted by molar-refractivity contribution is 0.322. The van der Waals surface area contributed by atoms with Crippen molar-refractivity contribution in [2.45, 2.75) is 26.3 Å². The molecular weight excluding hydrogens is 493 g/mol. The van der Waals surface area contributed by atoms with E-state index in [0.29, 0.717) is 23.8 Å². The highest BCUT2D eigenvalue weighted by Gasteiger charge is 2.19. The first-order chi connectivity index (χ1) is 14.2. The number of halogens is 1. The van der Waals surface area contributed by atoms with Crippen LogP contribution in [-0.4, -0.2) is 51.8 Å². The number of hydrogen-bond donors (Lipinski definition) is 1. The maximum atomic E-state index is 5.59. The fourth-order valence-corrected chi connectivity index (χ4v) is 3.74. The molecule has 30 heavy (non-hydrogen) atoms. The molecule has 2 aromatic carbocycles. The lowest BCUT2D eigenvalue weighted by Gasteiger charge is -2.31. The van der Waals surface area contributed by atoms with Gasteiger partial charge in [-0.2, -0.15) is 0 Å². The molecule has 7 heteroatoms. The summed E-state index contributed by atoms with van der Waals surface area (Å²) in [7, 11) is 4.90. The summed E-state index contributed by atoms with van der Waals surface area (Å²) < 4.78 is 16.4. The zero-order chi connectivity index (χ0) is 20.6. The molecule has 0 amide bonds. The summed E-state index contributed by atoms with van der Waals surface area (Å²) in [6.07, 6.45) is 1.80. The van der Waals surface area contributed by atoms with Crippen LogP contribution in [0.25, 0.3) is 0 Å². The molecule has 0 spiro atoms. The molecule has 1 N–H and O–H groups in total. The summed E-state index contributed by atoms with van der Waals surface area (Å²) in [5.41, 5.74) is 3.87. The van der Waals surface area contributed by atoms with Gasteiger partial charge in [0.25, 0.3) is 0 Å². The van der Waals surface area contributed by atoms with Crippen LogP contribution >= 0.6 is 24.0 Å². The molecule has 6 nitrogen and oxygen atoms in total. The van der Waals surface area contributed by atoms with Crippen LogP contribution in [0.1, 0.15) is 23.6 Å². The number of nitrogens with one attached hydrogen (secondary N) is 1. The van der Waals surface area contributed by atoms with Gasteiger partial charge in [-0.1, -0.05) is 30.3 Å². The van der Waals surface area contributed by atoms with Crippen molar-refractivity contribution in [2.24, 2.45) is 4.99 Å². The third kappa shape index (κ3) is 5.50. The number of ether oxygens (including phenoxy) is 3. The third-order valence-electron chi connectivity index (χ3n) is 5.19. The topological polar surface area (TPSA) is 55.3 Å². The number of fused-ring (bicyclic) bond motifs is 1. The van der Waals surface area contributed by atoms with Crippen LogP contribution < -0.4 is 19.5 Å². The Bertz CT molecular complexity index is 858. The largest absolute Gasteiger partial charge is 0.493 e. The Morgan fingerprint density at radius 3 is 2.40 bits per heavy atom. The number of benzene rings is 2. The molecule has 1 aliphatic rings. The van der Waals surface area contributed by atoms with E-state index in [2.05, 4.69) is 41.4 Å². The predicted octanol–water partition coefficient (Wildman–Crippen LogP) is 3.90. The van der Waals surface area contributed by atoms with Gasteiger partial charge in [-0.3, -0.25) is 4.99 Å². The second kappa shape index (κ2) is 11.9. The van der Waals surface area contributed by atoms with Crippen LogP contribution in [0.3, 0.4) is 0 Å².